The average Bonchev–Trinajstić information content (AvgIpc) is 2.90. The van der Waals surface area contributed by atoms with E-state index in [-0.39, 0.29) is 6.03 Å². The zero-order valence-corrected chi connectivity index (χ0v) is 15.5. The van der Waals surface area contributed by atoms with Crippen LogP contribution in [0.5, 0.6) is 0 Å². The van der Waals surface area contributed by atoms with E-state index >= 15 is 0 Å². The van der Waals surface area contributed by atoms with Crippen molar-refractivity contribution < 1.29 is 4.79 Å². The van der Waals surface area contributed by atoms with E-state index in [2.05, 4.69) is 41.1 Å². The molecule has 0 aliphatic rings. The molecular weight excluding hydrogens is 312 g/mol. The summed E-state index contributed by atoms with van der Waals surface area (Å²) in [5, 5.41) is 5.44. The van der Waals surface area contributed by atoms with Gasteiger partial charge in [0.05, 0.1) is 5.52 Å². The molecule has 2 aromatic heterocycles. The van der Waals surface area contributed by atoms with Crippen molar-refractivity contribution in [1.29, 1.82) is 0 Å². The zero-order valence-electron chi connectivity index (χ0n) is 15.5. The Morgan fingerprint density at radius 3 is 2.64 bits per heavy atom. The predicted molar refractivity (Wildman–Crippen MR) is 103 cm³/mol. The summed E-state index contributed by atoms with van der Waals surface area (Å²) in [4.78, 5) is 18.7. The molecule has 1 N–H and O–H groups in total. The Kier molecular flexibility index (Phi) is 4.93. The van der Waals surface area contributed by atoms with Gasteiger partial charge in [-0.1, -0.05) is 18.2 Å². The number of carbonyl (C=O) groups is 1. The number of hydrogen-bond acceptors (Lipinski definition) is 2. The fourth-order valence-electron chi connectivity index (χ4n) is 3.50. The van der Waals surface area contributed by atoms with E-state index in [0.29, 0.717) is 13.1 Å². The number of amides is 2. The zero-order chi connectivity index (χ0) is 18.0. The van der Waals surface area contributed by atoms with Crippen LogP contribution >= 0.6 is 0 Å². The van der Waals surface area contributed by atoms with Crippen LogP contribution in [0.4, 0.5) is 4.79 Å². The molecule has 5 heteroatoms. The minimum Gasteiger partial charge on any atom is -0.336 e. The number of urea groups is 1. The lowest BCUT2D eigenvalue weighted by Gasteiger charge is -2.19. The van der Waals surface area contributed by atoms with E-state index in [0.717, 1.165) is 29.9 Å². The van der Waals surface area contributed by atoms with Crippen LogP contribution in [0.2, 0.25) is 0 Å². The first-order chi connectivity index (χ1) is 12.1. The van der Waals surface area contributed by atoms with Gasteiger partial charge >= 0.3 is 6.03 Å². The lowest BCUT2D eigenvalue weighted by atomic mass is 10.1. The molecule has 0 saturated carbocycles. The summed E-state index contributed by atoms with van der Waals surface area (Å²) in [6.07, 6.45) is 0. The summed E-state index contributed by atoms with van der Waals surface area (Å²) in [6, 6.07) is 10.5. The highest BCUT2D eigenvalue weighted by Crippen LogP contribution is 2.30. The molecule has 25 heavy (non-hydrogen) atoms. The Hall–Kier alpha value is -2.56. The molecule has 2 heterocycles. The summed E-state index contributed by atoms with van der Waals surface area (Å²) < 4.78 is 2.22. The highest BCUT2D eigenvalue weighted by molar-refractivity contribution is 6.08. The number of para-hydroxylation sites is 1. The van der Waals surface area contributed by atoms with E-state index in [4.69, 9.17) is 4.98 Å². The van der Waals surface area contributed by atoms with Crippen molar-refractivity contribution in [3.05, 3.63) is 41.6 Å². The van der Waals surface area contributed by atoms with Crippen LogP contribution in [-0.2, 0) is 6.54 Å². The lowest BCUT2D eigenvalue weighted by molar-refractivity contribution is 0.203. The number of aromatic nitrogens is 2. The van der Waals surface area contributed by atoms with E-state index in [1.54, 1.807) is 4.90 Å². The molecule has 0 unspecified atom stereocenters. The second-order valence-corrected chi connectivity index (χ2v) is 6.35. The quantitative estimate of drug-likeness (QED) is 0.768. The topological polar surface area (TPSA) is 50.2 Å². The van der Waals surface area contributed by atoms with Crippen molar-refractivity contribution in [2.45, 2.75) is 34.2 Å². The van der Waals surface area contributed by atoms with E-state index in [1.807, 2.05) is 26.8 Å². The highest BCUT2D eigenvalue weighted by Gasteiger charge is 2.14. The van der Waals surface area contributed by atoms with Crippen LogP contribution < -0.4 is 5.32 Å². The summed E-state index contributed by atoms with van der Waals surface area (Å²) in [7, 11) is 0. The first-order valence-corrected chi connectivity index (χ1v) is 8.94. The largest absolute Gasteiger partial charge is 0.336 e. The molecule has 5 nitrogen and oxygen atoms in total. The number of hydrogen-bond donors (Lipinski definition) is 1. The van der Waals surface area contributed by atoms with Crippen LogP contribution in [-0.4, -0.2) is 40.1 Å². The molecule has 3 rings (SSSR count). The molecular formula is C20H26N4O. The number of aryl methyl sites for hydroxylation is 2. The van der Waals surface area contributed by atoms with Gasteiger partial charge in [0.2, 0.25) is 0 Å². The average molecular weight is 338 g/mol. The third-order valence-corrected chi connectivity index (χ3v) is 4.71. The van der Waals surface area contributed by atoms with Gasteiger partial charge in [0.1, 0.15) is 5.65 Å². The third kappa shape index (κ3) is 3.18. The third-order valence-electron chi connectivity index (χ3n) is 4.71. The number of carbonyl (C=O) groups excluding carboxylic acids is 1. The van der Waals surface area contributed by atoms with Gasteiger partial charge in [-0.15, -0.1) is 0 Å². The Morgan fingerprint density at radius 1 is 1.20 bits per heavy atom. The first kappa shape index (κ1) is 17.3. The fourth-order valence-corrected chi connectivity index (χ4v) is 3.50. The molecule has 0 atom stereocenters. The summed E-state index contributed by atoms with van der Waals surface area (Å²) in [5.74, 6) is 0. The number of nitrogens with zero attached hydrogens (tertiary/aromatic N) is 3. The first-order valence-electron chi connectivity index (χ1n) is 8.94. The number of pyridine rings is 1. The molecule has 0 spiro atoms. The van der Waals surface area contributed by atoms with E-state index < -0.39 is 0 Å². The molecule has 3 aromatic rings. The number of fused-ring (bicyclic) bond motifs is 3. The van der Waals surface area contributed by atoms with Crippen molar-refractivity contribution in [2.24, 2.45) is 0 Å². The van der Waals surface area contributed by atoms with Crippen LogP contribution in [0.3, 0.4) is 0 Å². The van der Waals surface area contributed by atoms with Crippen LogP contribution in [0, 0.1) is 13.8 Å². The number of nitrogens with one attached hydrogen (secondary N) is 1. The lowest BCUT2D eigenvalue weighted by Crippen LogP contribution is -2.40. The molecule has 0 saturated heterocycles. The Morgan fingerprint density at radius 2 is 1.92 bits per heavy atom. The molecule has 132 valence electrons. The van der Waals surface area contributed by atoms with Gasteiger partial charge in [-0.25, -0.2) is 9.78 Å². The SMILES string of the molecule is CCN(CC)C(=O)NCCn1c2ccccc2c2c(C)cc(C)nc21. The van der Waals surface area contributed by atoms with Crippen molar-refractivity contribution in [3.63, 3.8) is 0 Å². The van der Waals surface area contributed by atoms with Crippen molar-refractivity contribution in [2.75, 3.05) is 19.6 Å². The standard InChI is InChI=1S/C20H26N4O/c1-5-23(6-2)20(25)21-11-12-24-17-10-8-7-9-16(17)18-14(3)13-15(4)22-19(18)24/h7-10,13H,5-6,11-12H2,1-4H3,(H,21,25). The maximum atomic E-state index is 12.2. The summed E-state index contributed by atoms with van der Waals surface area (Å²) >= 11 is 0. The van der Waals surface area contributed by atoms with E-state index in [9.17, 15) is 4.79 Å². The van der Waals surface area contributed by atoms with Crippen molar-refractivity contribution in [3.8, 4) is 0 Å². The molecule has 0 bridgehead atoms. The maximum absolute atomic E-state index is 12.2. The van der Waals surface area contributed by atoms with Crippen molar-refractivity contribution >= 4 is 28.0 Å². The highest BCUT2D eigenvalue weighted by atomic mass is 16.2. The van der Waals surface area contributed by atoms with Crippen LogP contribution in [0.25, 0.3) is 21.9 Å². The van der Waals surface area contributed by atoms with E-state index in [1.165, 1.54) is 16.3 Å². The number of benzene rings is 1. The minimum absolute atomic E-state index is 0.00825. The maximum Gasteiger partial charge on any atom is 0.317 e. The molecule has 0 aliphatic heterocycles. The Balaban J connectivity index is 1.94. The van der Waals surface area contributed by atoms with Gasteiger partial charge in [0.15, 0.2) is 0 Å². The van der Waals surface area contributed by atoms with Crippen LogP contribution in [0.1, 0.15) is 25.1 Å². The monoisotopic (exact) mass is 338 g/mol. The second-order valence-electron chi connectivity index (χ2n) is 6.35. The normalized spacial score (nSPS) is 11.2. The van der Waals surface area contributed by atoms with Gasteiger partial charge in [-0.2, -0.15) is 0 Å². The fraction of sp³-hybridized carbons (Fsp3) is 0.400. The molecule has 0 aliphatic carbocycles. The molecule has 0 radical (unpaired) electrons. The molecule has 1 aromatic carbocycles. The van der Waals surface area contributed by atoms with Gasteiger partial charge in [-0.05, 0) is 45.4 Å². The minimum atomic E-state index is -0.00825. The predicted octanol–water partition coefficient (Wildman–Crippen LogP) is 3.86. The van der Waals surface area contributed by atoms with Crippen LogP contribution in [0.15, 0.2) is 30.3 Å². The van der Waals surface area contributed by atoms with Gasteiger partial charge in [-0.3, -0.25) is 0 Å². The van der Waals surface area contributed by atoms with Gasteiger partial charge < -0.3 is 14.8 Å². The van der Waals surface area contributed by atoms with Crippen molar-refractivity contribution in [1.82, 2.24) is 19.8 Å². The van der Waals surface area contributed by atoms with Gasteiger partial charge in [0.25, 0.3) is 0 Å². The summed E-state index contributed by atoms with van der Waals surface area (Å²) in [5.41, 5.74) is 4.41. The Labute approximate surface area is 148 Å². The summed E-state index contributed by atoms with van der Waals surface area (Å²) in [6.45, 7) is 10.9. The molecule has 2 amide bonds. The Bertz CT molecular complexity index is 909. The second kappa shape index (κ2) is 7.13. The molecule has 0 fully saturated rings. The smallest absolute Gasteiger partial charge is 0.317 e. The number of rotatable bonds is 5. The van der Waals surface area contributed by atoms with Gasteiger partial charge in [0, 0.05) is 42.6 Å².